The van der Waals surface area contributed by atoms with Gasteiger partial charge in [0.1, 0.15) is 5.60 Å². The van der Waals surface area contributed by atoms with E-state index in [0.717, 1.165) is 0 Å². The molecule has 0 unspecified atom stereocenters. The Hall–Kier alpha value is -1.55. The summed E-state index contributed by atoms with van der Waals surface area (Å²) in [4.78, 5) is 0. The Morgan fingerprint density at radius 3 is 1.65 bits per heavy atom. The molecule has 0 aliphatic carbocycles. The summed E-state index contributed by atoms with van der Waals surface area (Å²) >= 11 is 11.7. The van der Waals surface area contributed by atoms with E-state index in [9.17, 15) is 5.11 Å². The van der Waals surface area contributed by atoms with E-state index in [-0.39, 0.29) is 6.42 Å². The highest BCUT2D eigenvalue weighted by atomic mass is 35.5. The minimum absolute atomic E-state index is 0.132. The first-order valence-electron chi connectivity index (χ1n) is 5.96. The highest BCUT2D eigenvalue weighted by Gasteiger charge is 2.30. The van der Waals surface area contributed by atoms with Crippen LogP contribution in [0.4, 0.5) is 0 Å². The van der Waals surface area contributed by atoms with Gasteiger partial charge in [0.15, 0.2) is 0 Å². The Labute approximate surface area is 127 Å². The molecule has 3 nitrogen and oxygen atoms in total. The van der Waals surface area contributed by atoms with Crippen LogP contribution < -0.4 is 0 Å². The normalized spacial score (nSPS) is 11.9. The highest BCUT2D eigenvalue weighted by molar-refractivity contribution is 6.30. The van der Waals surface area contributed by atoms with Crippen LogP contribution in [0.2, 0.25) is 10.0 Å². The molecule has 2 aromatic carbocycles. The van der Waals surface area contributed by atoms with Crippen LogP contribution in [0.5, 0.6) is 0 Å². The van der Waals surface area contributed by atoms with Gasteiger partial charge in [-0.25, -0.2) is 0 Å². The third kappa shape index (κ3) is 3.12. The molecule has 0 bridgehead atoms. The van der Waals surface area contributed by atoms with Gasteiger partial charge in [0.2, 0.25) is 0 Å². The second-order valence-electron chi connectivity index (χ2n) is 4.38. The smallest absolute Gasteiger partial charge is 0.120 e. The Balaban J connectivity index is 2.49. The molecule has 0 aliphatic heterocycles. The Morgan fingerprint density at radius 2 is 1.30 bits per heavy atom. The lowest BCUT2D eigenvalue weighted by Gasteiger charge is -2.28. The predicted octanol–water partition coefficient (Wildman–Crippen LogP) is 4.08. The summed E-state index contributed by atoms with van der Waals surface area (Å²) in [5, 5.41) is 23.7. The molecule has 2 aromatic rings. The van der Waals surface area contributed by atoms with Crippen LogP contribution >= 0.6 is 23.2 Å². The summed E-state index contributed by atoms with van der Waals surface area (Å²) in [5.74, 6) is 0. The fourth-order valence-electron chi connectivity index (χ4n) is 2.03. The van der Waals surface area contributed by atoms with E-state index >= 15 is 0 Å². The molecule has 0 fully saturated rings. The maximum Gasteiger partial charge on any atom is 0.120 e. The second-order valence-corrected chi connectivity index (χ2v) is 5.25. The third-order valence-corrected chi connectivity index (χ3v) is 3.62. The molecule has 0 saturated heterocycles. The lowest BCUT2D eigenvalue weighted by Crippen LogP contribution is -2.27. The lowest BCUT2D eigenvalue weighted by molar-refractivity contribution is 0.0892. The maximum atomic E-state index is 11.0. The molecule has 20 heavy (non-hydrogen) atoms. The first-order valence-corrected chi connectivity index (χ1v) is 6.72. The summed E-state index contributed by atoms with van der Waals surface area (Å²) in [5.41, 5.74) is 0.00903. The SMILES string of the molecule is ON=CCC(O)(c1ccc(Cl)cc1)c1ccc(Cl)cc1. The van der Waals surface area contributed by atoms with Crippen LogP contribution in [0.25, 0.3) is 0 Å². The van der Waals surface area contributed by atoms with Crippen molar-refractivity contribution < 1.29 is 10.3 Å². The van der Waals surface area contributed by atoms with E-state index in [2.05, 4.69) is 5.16 Å². The molecule has 0 saturated carbocycles. The predicted molar refractivity (Wildman–Crippen MR) is 80.8 cm³/mol. The number of halogens is 2. The van der Waals surface area contributed by atoms with Crippen molar-refractivity contribution in [3.8, 4) is 0 Å². The number of rotatable bonds is 4. The second kappa shape index (κ2) is 6.27. The van der Waals surface area contributed by atoms with Crippen LogP contribution in [-0.4, -0.2) is 16.5 Å². The van der Waals surface area contributed by atoms with Gasteiger partial charge >= 0.3 is 0 Å². The van der Waals surface area contributed by atoms with Crippen LogP contribution in [0.1, 0.15) is 17.5 Å². The molecule has 0 atom stereocenters. The number of nitrogens with zero attached hydrogens (tertiary/aromatic N) is 1. The van der Waals surface area contributed by atoms with E-state index in [1.54, 1.807) is 48.5 Å². The number of aliphatic hydroxyl groups is 1. The van der Waals surface area contributed by atoms with E-state index < -0.39 is 5.60 Å². The van der Waals surface area contributed by atoms with Gasteiger partial charge in [-0.3, -0.25) is 0 Å². The highest BCUT2D eigenvalue weighted by Crippen LogP contribution is 2.33. The van der Waals surface area contributed by atoms with Crippen molar-refractivity contribution in [3.63, 3.8) is 0 Å². The standard InChI is InChI=1S/C15H13Cl2NO2/c16-13-5-1-11(2-6-13)15(19,9-10-18-20)12-3-7-14(17)8-4-12/h1-8,10,19-20H,9H2. The van der Waals surface area contributed by atoms with Gasteiger partial charge in [-0.15, -0.1) is 5.16 Å². The van der Waals surface area contributed by atoms with Gasteiger partial charge < -0.3 is 10.3 Å². The third-order valence-electron chi connectivity index (χ3n) is 3.11. The van der Waals surface area contributed by atoms with Gasteiger partial charge in [0.05, 0.1) is 0 Å². The molecule has 104 valence electrons. The molecular weight excluding hydrogens is 297 g/mol. The molecule has 0 aliphatic rings. The van der Waals surface area contributed by atoms with Gasteiger partial charge in [-0.1, -0.05) is 47.5 Å². The van der Waals surface area contributed by atoms with E-state index in [1.807, 2.05) is 0 Å². The van der Waals surface area contributed by atoms with Gasteiger partial charge in [-0.2, -0.15) is 0 Å². The Morgan fingerprint density at radius 1 is 0.900 bits per heavy atom. The molecule has 0 aromatic heterocycles. The van der Waals surface area contributed by atoms with Crippen molar-refractivity contribution in [3.05, 3.63) is 69.7 Å². The molecular formula is C15H13Cl2NO2. The summed E-state index contributed by atoms with van der Waals surface area (Å²) in [6, 6.07) is 13.8. The molecule has 2 rings (SSSR count). The summed E-state index contributed by atoms with van der Waals surface area (Å²) < 4.78 is 0. The molecule has 5 heteroatoms. The zero-order valence-electron chi connectivity index (χ0n) is 10.5. The van der Waals surface area contributed by atoms with Crippen molar-refractivity contribution in [2.24, 2.45) is 5.16 Å². The minimum atomic E-state index is -1.30. The van der Waals surface area contributed by atoms with Crippen molar-refractivity contribution >= 4 is 29.4 Å². The van der Waals surface area contributed by atoms with Crippen molar-refractivity contribution in [2.45, 2.75) is 12.0 Å². The minimum Gasteiger partial charge on any atom is -0.411 e. The molecule has 0 radical (unpaired) electrons. The zero-order valence-corrected chi connectivity index (χ0v) is 12.0. The Kier molecular flexibility index (Phi) is 4.65. The molecule has 0 heterocycles. The topological polar surface area (TPSA) is 52.8 Å². The van der Waals surface area contributed by atoms with Crippen molar-refractivity contribution in [1.29, 1.82) is 0 Å². The fraction of sp³-hybridized carbons (Fsp3) is 0.133. The van der Waals surface area contributed by atoms with Gasteiger partial charge in [0.25, 0.3) is 0 Å². The van der Waals surface area contributed by atoms with Crippen molar-refractivity contribution in [2.75, 3.05) is 0 Å². The maximum absolute atomic E-state index is 11.0. The van der Waals surface area contributed by atoms with Gasteiger partial charge in [0, 0.05) is 22.7 Å². The number of hydrogen-bond acceptors (Lipinski definition) is 3. The first-order chi connectivity index (χ1) is 9.56. The van der Waals surface area contributed by atoms with Crippen LogP contribution in [0.15, 0.2) is 53.7 Å². The molecule has 0 spiro atoms. The molecule has 2 N–H and O–H groups in total. The van der Waals surface area contributed by atoms with Crippen LogP contribution in [0, 0.1) is 0 Å². The largest absolute Gasteiger partial charge is 0.411 e. The Bertz CT molecular complexity index is 549. The number of benzene rings is 2. The van der Waals surface area contributed by atoms with E-state index in [4.69, 9.17) is 28.4 Å². The average Bonchev–Trinajstić information content (AvgIpc) is 2.46. The summed E-state index contributed by atoms with van der Waals surface area (Å²) in [7, 11) is 0. The molecule has 0 amide bonds. The fourth-order valence-corrected chi connectivity index (χ4v) is 2.28. The van der Waals surface area contributed by atoms with E-state index in [0.29, 0.717) is 21.2 Å². The quantitative estimate of drug-likeness (QED) is 0.508. The summed E-state index contributed by atoms with van der Waals surface area (Å²) in [6.45, 7) is 0. The monoisotopic (exact) mass is 309 g/mol. The van der Waals surface area contributed by atoms with Gasteiger partial charge in [-0.05, 0) is 35.4 Å². The van der Waals surface area contributed by atoms with Crippen LogP contribution in [0.3, 0.4) is 0 Å². The number of oxime groups is 1. The first kappa shape index (κ1) is 14.9. The zero-order chi connectivity index (χ0) is 14.6. The lowest BCUT2D eigenvalue weighted by atomic mass is 9.84. The average molecular weight is 310 g/mol. The van der Waals surface area contributed by atoms with E-state index in [1.165, 1.54) is 6.21 Å². The van der Waals surface area contributed by atoms with Crippen LogP contribution in [-0.2, 0) is 5.60 Å². The summed E-state index contributed by atoms with van der Waals surface area (Å²) in [6.07, 6.45) is 1.38. The number of hydrogen-bond donors (Lipinski definition) is 2. The van der Waals surface area contributed by atoms with Crippen molar-refractivity contribution in [1.82, 2.24) is 0 Å².